The molecule has 4 aromatic carbocycles. The van der Waals surface area contributed by atoms with E-state index in [-0.39, 0.29) is 43.6 Å². The van der Waals surface area contributed by atoms with Gasteiger partial charge < -0.3 is 64.4 Å². The summed E-state index contributed by atoms with van der Waals surface area (Å²) in [6.07, 6.45) is 4.57. The average Bonchev–Trinajstić information content (AvgIpc) is 4.11. The summed E-state index contributed by atoms with van der Waals surface area (Å²) in [5.74, 6) is -6.73. The van der Waals surface area contributed by atoms with Crippen molar-refractivity contribution in [1.29, 1.82) is 0 Å². The molecule has 79 heavy (non-hydrogen) atoms. The van der Waals surface area contributed by atoms with E-state index in [1.54, 1.807) is 56.6 Å². The van der Waals surface area contributed by atoms with Crippen LogP contribution in [0.3, 0.4) is 0 Å². The smallest absolute Gasteiger partial charge is 0.244 e. The van der Waals surface area contributed by atoms with Gasteiger partial charge in [-0.2, -0.15) is 0 Å². The van der Waals surface area contributed by atoms with Crippen molar-refractivity contribution >= 4 is 90.7 Å². The van der Waals surface area contributed by atoms with Crippen molar-refractivity contribution in [1.82, 2.24) is 47.2 Å². The molecule has 22 heteroatoms. The van der Waals surface area contributed by atoms with Gasteiger partial charge in [0.25, 0.3) is 0 Å². The lowest BCUT2D eigenvalue weighted by molar-refractivity contribution is -0.136. The van der Waals surface area contributed by atoms with E-state index in [0.717, 1.165) is 49.0 Å². The van der Waals surface area contributed by atoms with Gasteiger partial charge in [-0.1, -0.05) is 132 Å². The summed E-state index contributed by atoms with van der Waals surface area (Å²) in [6, 6.07) is 22.9. The molecule has 8 amide bonds. The maximum atomic E-state index is 14.9. The van der Waals surface area contributed by atoms with Crippen LogP contribution >= 0.6 is 21.6 Å². The lowest BCUT2D eigenvalue weighted by atomic mass is 10.00. The molecule has 0 spiro atoms. The van der Waals surface area contributed by atoms with E-state index in [1.165, 1.54) is 0 Å². The summed E-state index contributed by atoms with van der Waals surface area (Å²) in [4.78, 5) is 121. The molecular weight excluding hydrogens is 1040 g/mol. The van der Waals surface area contributed by atoms with Gasteiger partial charge in [0.1, 0.15) is 42.3 Å². The Morgan fingerprint density at radius 3 is 1.78 bits per heavy atom. The molecule has 1 unspecified atom stereocenters. The van der Waals surface area contributed by atoms with Gasteiger partial charge in [0.05, 0.1) is 6.04 Å². The number of nitrogens with one attached hydrogen (secondary N) is 9. The van der Waals surface area contributed by atoms with E-state index in [9.17, 15) is 38.4 Å². The van der Waals surface area contributed by atoms with Crippen LogP contribution in [0.5, 0.6) is 0 Å². The zero-order valence-electron chi connectivity index (χ0n) is 44.1. The number of amides is 8. The topological polar surface area (TPSA) is 330 Å². The van der Waals surface area contributed by atoms with Gasteiger partial charge in [-0.15, -0.1) is 0 Å². The minimum Gasteiger partial charge on any atom is -0.368 e. The lowest BCUT2D eigenvalue weighted by Crippen LogP contribution is -2.61. The molecule has 8 atom stereocenters. The molecule has 1 aliphatic heterocycles. The number of nitrogens with two attached hydrogens (primary N) is 3. The highest BCUT2D eigenvalue weighted by Crippen LogP contribution is 2.25. The van der Waals surface area contributed by atoms with Crippen LogP contribution in [0.2, 0.25) is 0 Å². The largest absolute Gasteiger partial charge is 0.368 e. The normalized spacial score (nSPS) is 20.9. The Hall–Kier alpha value is -7.66. The predicted octanol–water partition coefficient (Wildman–Crippen LogP) is 2.31. The highest BCUT2D eigenvalue weighted by Gasteiger charge is 2.36. The van der Waals surface area contributed by atoms with E-state index in [1.807, 2.05) is 78.9 Å². The van der Waals surface area contributed by atoms with Gasteiger partial charge in [0.15, 0.2) is 0 Å². The molecule has 1 aliphatic rings. The molecule has 0 saturated carbocycles. The Bertz CT molecular complexity index is 3070. The quantitative estimate of drug-likeness (QED) is 0.0436. The molecule has 3 heterocycles. The average molecular weight is 1120 g/mol. The maximum Gasteiger partial charge on any atom is 0.244 e. The van der Waals surface area contributed by atoms with Gasteiger partial charge in [-0.25, -0.2) is 0 Å². The lowest BCUT2D eigenvalue weighted by Gasteiger charge is -2.29. The van der Waals surface area contributed by atoms with Crippen LogP contribution < -0.4 is 54.4 Å². The van der Waals surface area contributed by atoms with Crippen LogP contribution in [-0.2, 0) is 64.0 Å². The van der Waals surface area contributed by atoms with Crippen molar-refractivity contribution in [3.8, 4) is 0 Å². The number of carbonyl (C=O) groups is 8. The van der Waals surface area contributed by atoms with E-state index < -0.39 is 102 Å². The van der Waals surface area contributed by atoms with Crippen LogP contribution in [0.25, 0.3) is 21.8 Å². The molecular formula is C57H70N12O8S2. The molecule has 0 radical (unpaired) electrons. The maximum absolute atomic E-state index is 14.9. The third kappa shape index (κ3) is 16.7. The number of unbranched alkanes of at least 4 members (excludes halogenated alkanes) is 1. The molecule has 1 saturated heterocycles. The first-order valence-corrected chi connectivity index (χ1v) is 28.9. The summed E-state index contributed by atoms with van der Waals surface area (Å²) in [7, 11) is 2.18. The van der Waals surface area contributed by atoms with Crippen molar-refractivity contribution in [3.05, 3.63) is 144 Å². The number of H-pyrrole nitrogens is 2. The summed E-state index contributed by atoms with van der Waals surface area (Å²) in [5.41, 5.74) is 22.7. The highest BCUT2D eigenvalue weighted by molar-refractivity contribution is 8.76. The third-order valence-corrected chi connectivity index (χ3v) is 16.1. The van der Waals surface area contributed by atoms with Crippen molar-refractivity contribution in [2.45, 2.75) is 107 Å². The van der Waals surface area contributed by atoms with Crippen molar-refractivity contribution in [3.63, 3.8) is 0 Å². The minimum absolute atomic E-state index is 0.0183. The van der Waals surface area contributed by atoms with Crippen LogP contribution in [0, 0.1) is 5.92 Å². The molecule has 6 aromatic rings. The Labute approximate surface area is 466 Å². The number of carbonyl (C=O) groups excluding carboxylic acids is 8. The van der Waals surface area contributed by atoms with Crippen molar-refractivity contribution in [2.24, 2.45) is 23.1 Å². The van der Waals surface area contributed by atoms with Gasteiger partial charge in [-0.05, 0) is 72.5 Å². The Kier molecular flexibility index (Phi) is 21.5. The summed E-state index contributed by atoms with van der Waals surface area (Å²) >= 11 is 0. The van der Waals surface area contributed by atoms with E-state index in [2.05, 4.69) is 47.2 Å². The zero-order valence-corrected chi connectivity index (χ0v) is 45.8. The Morgan fingerprint density at radius 2 is 1.15 bits per heavy atom. The second-order valence-corrected chi connectivity index (χ2v) is 22.5. The molecule has 7 rings (SSSR count). The number of fused-ring (bicyclic) bond motifs is 2. The number of aromatic amines is 2. The Balaban J connectivity index is 1.24. The number of rotatable bonds is 18. The molecule has 0 aliphatic carbocycles. The van der Waals surface area contributed by atoms with Crippen molar-refractivity contribution < 1.29 is 38.4 Å². The molecule has 1 fully saturated rings. The van der Waals surface area contributed by atoms with Crippen LogP contribution in [0.15, 0.2) is 122 Å². The predicted molar refractivity (Wildman–Crippen MR) is 308 cm³/mol. The number of benzene rings is 4. The molecule has 0 bridgehead atoms. The van der Waals surface area contributed by atoms with Gasteiger partial charge in [0.2, 0.25) is 47.3 Å². The first-order chi connectivity index (χ1) is 38.1. The molecule has 2 aromatic heterocycles. The molecule has 418 valence electrons. The summed E-state index contributed by atoms with van der Waals surface area (Å²) in [5, 5.41) is 21.4. The molecule has 15 N–H and O–H groups in total. The fraction of sp³-hybridized carbons (Fsp3) is 0.368. The SMILES string of the molecule is CC(C)[C@@H]1NC(=O)[C@H](CCCCN)NC(=O)[C@@H](Cc2c[nH]c3ccccc23)NC(=O)C(Cc2ccccc2)NC(=O)[C@@H](NC(=O)[C@H](N)Cc2ccccc2)CSSC[C@@H](C(=O)N[C@H](Cc2c[nH]c3ccccc23)C(N)=O)NC1=O. The van der Waals surface area contributed by atoms with Gasteiger partial charge in [0, 0.05) is 65.0 Å². The zero-order chi connectivity index (χ0) is 56.4. The fourth-order valence-corrected chi connectivity index (χ4v) is 11.6. The first kappa shape index (κ1) is 59.0. The summed E-state index contributed by atoms with van der Waals surface area (Å²) in [6.45, 7) is 3.72. The standard InChI is InChI=1S/C57H70N12O8S2/c1-33(2)49-57(77)68-48(55(75)64-44(50(60)70)27-36-29-61-41-21-11-9-19-38(36)41)32-79-78-31-47(67-51(71)40(59)25-34-15-5-3-6-16-34)56(76)65-45(26-35-17-7-4-8-18-35)53(73)66-46(28-37-30-62-42-22-12-10-20-39(37)42)54(74)63-43(52(72)69-49)23-13-14-24-58/h3-12,15-22,29-30,33,40,43-49,61-62H,13-14,23-28,31-32,58-59H2,1-2H3,(H2,60,70)(H,63,74)(H,64,75)(H,65,76)(H,66,73)(H,67,71)(H,68,77)(H,69,72)/t40-,43+,44-,45?,46-,47+,48+,49+/m1/s1. The second-order valence-electron chi connectivity index (χ2n) is 20.0. The van der Waals surface area contributed by atoms with Gasteiger partial charge in [-0.3, -0.25) is 38.4 Å². The fourth-order valence-electron chi connectivity index (χ4n) is 9.27. The highest BCUT2D eigenvalue weighted by atomic mass is 33.1. The first-order valence-electron chi connectivity index (χ1n) is 26.4. The third-order valence-electron chi connectivity index (χ3n) is 13.7. The number of para-hydroxylation sites is 2. The van der Waals surface area contributed by atoms with Gasteiger partial charge >= 0.3 is 0 Å². The Morgan fingerprint density at radius 1 is 0.608 bits per heavy atom. The van der Waals surface area contributed by atoms with Crippen LogP contribution in [0.4, 0.5) is 0 Å². The monoisotopic (exact) mass is 1110 g/mol. The van der Waals surface area contributed by atoms with E-state index >= 15 is 0 Å². The van der Waals surface area contributed by atoms with Crippen molar-refractivity contribution in [2.75, 3.05) is 18.1 Å². The number of primary amides is 1. The second kappa shape index (κ2) is 28.8. The van der Waals surface area contributed by atoms with Crippen LogP contribution in [0.1, 0.15) is 55.4 Å². The summed E-state index contributed by atoms with van der Waals surface area (Å²) < 4.78 is 0. The van der Waals surface area contributed by atoms with E-state index in [0.29, 0.717) is 36.1 Å². The molecule has 20 nitrogen and oxygen atoms in total. The number of hydrogen-bond donors (Lipinski definition) is 12. The van der Waals surface area contributed by atoms with Crippen LogP contribution in [-0.4, -0.2) is 124 Å². The van der Waals surface area contributed by atoms with E-state index in [4.69, 9.17) is 17.2 Å². The minimum atomic E-state index is -1.36. The number of aromatic nitrogens is 2. The number of hydrogen-bond acceptors (Lipinski definition) is 12.